The summed E-state index contributed by atoms with van der Waals surface area (Å²) < 4.78 is 5.36. The lowest BCUT2D eigenvalue weighted by Crippen LogP contribution is -2.23. The molecule has 0 atom stereocenters. The van der Waals surface area contributed by atoms with Crippen LogP contribution in [-0.2, 0) is 13.1 Å². The number of aromatic nitrogens is 1. The highest BCUT2D eigenvalue weighted by molar-refractivity contribution is 5.94. The minimum Gasteiger partial charge on any atom is -0.496 e. The second kappa shape index (κ2) is 8.85. The Bertz CT molecular complexity index is 907. The molecule has 0 aliphatic heterocycles. The first-order chi connectivity index (χ1) is 13.2. The van der Waals surface area contributed by atoms with Gasteiger partial charge in [0, 0.05) is 31.0 Å². The molecule has 138 valence electrons. The van der Waals surface area contributed by atoms with Crippen molar-refractivity contribution in [2.75, 3.05) is 12.4 Å². The number of nitrogens with one attached hydrogen (secondary N) is 2. The first-order valence-corrected chi connectivity index (χ1v) is 8.80. The number of rotatable bonds is 7. The summed E-state index contributed by atoms with van der Waals surface area (Å²) in [5, 5.41) is 6.22. The van der Waals surface area contributed by atoms with E-state index in [9.17, 15) is 4.79 Å². The summed E-state index contributed by atoms with van der Waals surface area (Å²) in [6.07, 6.45) is 3.27. The Kier molecular flexibility index (Phi) is 6.05. The van der Waals surface area contributed by atoms with Crippen LogP contribution in [0.4, 0.5) is 5.69 Å². The van der Waals surface area contributed by atoms with E-state index in [-0.39, 0.29) is 5.91 Å². The van der Waals surface area contributed by atoms with Gasteiger partial charge in [-0.25, -0.2) is 0 Å². The van der Waals surface area contributed by atoms with E-state index < -0.39 is 0 Å². The summed E-state index contributed by atoms with van der Waals surface area (Å²) in [6, 6.07) is 17.7. The third kappa shape index (κ3) is 5.07. The minimum atomic E-state index is -0.149. The maximum Gasteiger partial charge on any atom is 0.253 e. The minimum absolute atomic E-state index is 0.149. The maximum absolute atomic E-state index is 12.4. The quantitative estimate of drug-likeness (QED) is 0.669. The summed E-state index contributed by atoms with van der Waals surface area (Å²) in [6.45, 7) is 3.11. The van der Waals surface area contributed by atoms with Gasteiger partial charge >= 0.3 is 0 Å². The van der Waals surface area contributed by atoms with Crippen LogP contribution in [0.1, 0.15) is 27.0 Å². The fourth-order valence-corrected chi connectivity index (χ4v) is 2.70. The van der Waals surface area contributed by atoms with Gasteiger partial charge in [-0.05, 0) is 24.6 Å². The number of benzene rings is 2. The lowest BCUT2D eigenvalue weighted by Gasteiger charge is -2.11. The Morgan fingerprint density at radius 3 is 2.59 bits per heavy atom. The average Bonchev–Trinajstić information content (AvgIpc) is 2.72. The summed E-state index contributed by atoms with van der Waals surface area (Å²) >= 11 is 0. The van der Waals surface area contributed by atoms with Gasteiger partial charge in [0.25, 0.3) is 5.91 Å². The highest BCUT2D eigenvalue weighted by Gasteiger charge is 2.08. The van der Waals surface area contributed by atoms with Crippen LogP contribution in [0, 0.1) is 6.92 Å². The zero-order valence-electron chi connectivity index (χ0n) is 15.5. The number of ether oxygens (including phenoxy) is 1. The predicted molar refractivity (Wildman–Crippen MR) is 107 cm³/mol. The molecule has 0 fully saturated rings. The average molecular weight is 361 g/mol. The number of hydrogen-bond donors (Lipinski definition) is 2. The van der Waals surface area contributed by atoms with Crippen molar-refractivity contribution in [2.24, 2.45) is 0 Å². The SMILES string of the molecule is COc1ccccc1CNc1cncc(C(=O)NCc2ccc(C)cc2)c1. The molecule has 0 spiro atoms. The molecule has 0 aliphatic carbocycles. The maximum atomic E-state index is 12.4. The topological polar surface area (TPSA) is 63.2 Å². The molecule has 2 N–H and O–H groups in total. The molecule has 0 bridgehead atoms. The molecule has 3 aromatic rings. The molecular formula is C22H23N3O2. The van der Waals surface area contributed by atoms with Gasteiger partial charge in [-0.15, -0.1) is 0 Å². The normalized spacial score (nSPS) is 10.3. The number of para-hydroxylation sites is 1. The Morgan fingerprint density at radius 1 is 1.04 bits per heavy atom. The molecule has 3 rings (SSSR count). The van der Waals surface area contributed by atoms with Crippen LogP contribution in [0.2, 0.25) is 0 Å². The highest BCUT2D eigenvalue weighted by atomic mass is 16.5. The summed E-state index contributed by atoms with van der Waals surface area (Å²) in [7, 11) is 1.65. The van der Waals surface area contributed by atoms with Gasteiger partial charge in [0.2, 0.25) is 0 Å². The van der Waals surface area contributed by atoms with Crippen LogP contribution in [-0.4, -0.2) is 18.0 Å². The smallest absolute Gasteiger partial charge is 0.253 e. The Labute approximate surface area is 159 Å². The van der Waals surface area contributed by atoms with Crippen molar-refractivity contribution in [3.05, 3.63) is 89.2 Å². The molecule has 0 aliphatic rings. The van der Waals surface area contributed by atoms with Gasteiger partial charge in [-0.1, -0.05) is 48.0 Å². The van der Waals surface area contributed by atoms with Crippen molar-refractivity contribution in [2.45, 2.75) is 20.0 Å². The van der Waals surface area contributed by atoms with E-state index in [1.807, 2.05) is 55.5 Å². The van der Waals surface area contributed by atoms with Crippen LogP contribution < -0.4 is 15.4 Å². The Balaban J connectivity index is 1.60. The summed E-state index contributed by atoms with van der Waals surface area (Å²) in [4.78, 5) is 16.6. The van der Waals surface area contributed by atoms with Gasteiger partial charge in [0.15, 0.2) is 0 Å². The molecular weight excluding hydrogens is 338 g/mol. The summed E-state index contributed by atoms with van der Waals surface area (Å²) in [5.41, 5.74) is 4.60. The first kappa shape index (κ1) is 18.5. The van der Waals surface area contributed by atoms with E-state index in [2.05, 4.69) is 15.6 Å². The summed E-state index contributed by atoms with van der Waals surface area (Å²) in [5.74, 6) is 0.675. The van der Waals surface area contributed by atoms with Crippen LogP contribution in [0.5, 0.6) is 5.75 Å². The molecule has 1 amide bonds. The van der Waals surface area contributed by atoms with Crippen LogP contribution in [0.25, 0.3) is 0 Å². The van der Waals surface area contributed by atoms with Crippen molar-refractivity contribution >= 4 is 11.6 Å². The number of carbonyl (C=O) groups excluding carboxylic acids is 1. The number of anilines is 1. The van der Waals surface area contributed by atoms with Gasteiger partial charge in [-0.2, -0.15) is 0 Å². The molecule has 0 unspecified atom stereocenters. The molecule has 0 saturated heterocycles. The Hall–Kier alpha value is -3.34. The molecule has 27 heavy (non-hydrogen) atoms. The number of carbonyl (C=O) groups is 1. The van der Waals surface area contributed by atoms with E-state index in [0.717, 1.165) is 22.6 Å². The number of hydrogen-bond acceptors (Lipinski definition) is 4. The third-order valence-corrected chi connectivity index (χ3v) is 4.25. The van der Waals surface area contributed by atoms with Crippen molar-refractivity contribution < 1.29 is 9.53 Å². The fraction of sp³-hybridized carbons (Fsp3) is 0.182. The first-order valence-electron chi connectivity index (χ1n) is 8.80. The molecule has 1 heterocycles. The lowest BCUT2D eigenvalue weighted by molar-refractivity contribution is 0.0950. The van der Waals surface area contributed by atoms with Crippen LogP contribution in [0.3, 0.4) is 0 Å². The highest BCUT2D eigenvalue weighted by Crippen LogP contribution is 2.19. The predicted octanol–water partition coefficient (Wildman–Crippen LogP) is 3.94. The molecule has 1 aromatic heterocycles. The third-order valence-electron chi connectivity index (χ3n) is 4.25. The van der Waals surface area contributed by atoms with E-state index in [0.29, 0.717) is 18.7 Å². The van der Waals surface area contributed by atoms with Gasteiger partial charge in [0.1, 0.15) is 5.75 Å². The zero-order valence-corrected chi connectivity index (χ0v) is 15.5. The van der Waals surface area contributed by atoms with Gasteiger partial charge < -0.3 is 15.4 Å². The van der Waals surface area contributed by atoms with Crippen molar-refractivity contribution in [1.82, 2.24) is 10.3 Å². The zero-order chi connectivity index (χ0) is 19.1. The molecule has 5 nitrogen and oxygen atoms in total. The standard InChI is InChI=1S/C22H23N3O2/c1-16-7-9-17(10-8-16)12-25-22(26)19-11-20(15-23-13-19)24-14-18-5-3-4-6-21(18)27-2/h3-11,13,15,24H,12,14H2,1-2H3,(H,25,26). The number of amides is 1. The van der Waals surface area contributed by atoms with Crippen LogP contribution in [0.15, 0.2) is 67.0 Å². The van der Waals surface area contributed by atoms with E-state index in [4.69, 9.17) is 4.74 Å². The van der Waals surface area contributed by atoms with Crippen molar-refractivity contribution in [1.29, 1.82) is 0 Å². The number of pyridine rings is 1. The lowest BCUT2D eigenvalue weighted by atomic mass is 10.1. The van der Waals surface area contributed by atoms with Gasteiger partial charge in [-0.3, -0.25) is 9.78 Å². The van der Waals surface area contributed by atoms with Crippen molar-refractivity contribution in [3.63, 3.8) is 0 Å². The molecule has 0 radical (unpaired) electrons. The van der Waals surface area contributed by atoms with E-state index >= 15 is 0 Å². The van der Waals surface area contributed by atoms with Crippen molar-refractivity contribution in [3.8, 4) is 5.75 Å². The van der Waals surface area contributed by atoms with E-state index in [1.165, 1.54) is 5.56 Å². The molecule has 0 saturated carbocycles. The molecule has 2 aromatic carbocycles. The second-order valence-electron chi connectivity index (χ2n) is 6.30. The number of nitrogens with zero attached hydrogens (tertiary/aromatic N) is 1. The monoisotopic (exact) mass is 361 g/mol. The second-order valence-corrected chi connectivity index (χ2v) is 6.30. The fourth-order valence-electron chi connectivity index (χ4n) is 2.70. The van der Waals surface area contributed by atoms with E-state index in [1.54, 1.807) is 25.6 Å². The Morgan fingerprint density at radius 2 is 1.81 bits per heavy atom. The number of methoxy groups -OCH3 is 1. The largest absolute Gasteiger partial charge is 0.496 e. The molecule has 5 heteroatoms. The number of aryl methyl sites for hydroxylation is 1. The van der Waals surface area contributed by atoms with Crippen LogP contribution >= 0.6 is 0 Å². The van der Waals surface area contributed by atoms with Gasteiger partial charge in [0.05, 0.1) is 18.4 Å².